The van der Waals surface area contributed by atoms with Crippen LogP contribution in [-0.2, 0) is 0 Å². The number of nitrogens with zero attached hydrogens (tertiary/aromatic N) is 1. The molecule has 0 aliphatic heterocycles. The highest BCUT2D eigenvalue weighted by atomic mass is 16.2. The highest BCUT2D eigenvalue weighted by Gasteiger charge is 1.87. The molecule has 4 heteroatoms. The van der Waals surface area contributed by atoms with E-state index in [1.807, 2.05) is 12.2 Å². The fourth-order valence-corrected chi connectivity index (χ4v) is 0.756. The minimum Gasteiger partial charge on any atom is -0.350 e. The van der Waals surface area contributed by atoms with Gasteiger partial charge in [-0.3, -0.25) is 0 Å². The molecule has 0 saturated heterocycles. The molecule has 0 aliphatic rings. The van der Waals surface area contributed by atoms with E-state index in [1.54, 1.807) is 6.92 Å². The minimum atomic E-state index is -0.638. The van der Waals surface area contributed by atoms with Crippen LogP contribution in [0.4, 0.5) is 4.79 Å². The van der Waals surface area contributed by atoms with E-state index in [1.165, 1.54) is 12.8 Å². The molecule has 0 aromatic carbocycles. The second kappa shape index (κ2) is 7.34. The molecule has 0 rings (SSSR count). The Labute approximate surface area is 78.9 Å². The predicted molar refractivity (Wildman–Crippen MR) is 54.5 cm³/mol. The topological polar surface area (TPSA) is 67.5 Å². The van der Waals surface area contributed by atoms with E-state index in [0.29, 0.717) is 0 Å². The van der Waals surface area contributed by atoms with Gasteiger partial charge < -0.3 is 5.73 Å². The number of amides is 2. The summed E-state index contributed by atoms with van der Waals surface area (Å²) < 4.78 is 0. The number of nitrogens with one attached hydrogen (secondary N) is 1. The first-order valence-corrected chi connectivity index (χ1v) is 4.43. The number of hydrazone groups is 1. The third-order valence-corrected chi connectivity index (χ3v) is 1.43. The van der Waals surface area contributed by atoms with E-state index in [0.717, 1.165) is 12.1 Å². The zero-order valence-electron chi connectivity index (χ0n) is 8.21. The lowest BCUT2D eigenvalue weighted by Gasteiger charge is -1.93. The van der Waals surface area contributed by atoms with Crippen molar-refractivity contribution in [3.8, 4) is 0 Å². The van der Waals surface area contributed by atoms with Crippen LogP contribution in [0.1, 0.15) is 33.1 Å². The number of hydrogen-bond acceptors (Lipinski definition) is 2. The quantitative estimate of drug-likeness (QED) is 0.381. The number of rotatable bonds is 5. The zero-order valence-corrected chi connectivity index (χ0v) is 8.21. The van der Waals surface area contributed by atoms with Gasteiger partial charge in [0.05, 0.1) is 5.71 Å². The number of carbonyl (C=O) groups excluding carboxylic acids is 1. The molecular weight excluding hydrogens is 166 g/mol. The van der Waals surface area contributed by atoms with Crippen LogP contribution in [0.5, 0.6) is 0 Å². The molecule has 2 amide bonds. The Morgan fingerprint density at radius 1 is 1.62 bits per heavy atom. The summed E-state index contributed by atoms with van der Waals surface area (Å²) in [6.07, 6.45) is 7.30. The monoisotopic (exact) mass is 183 g/mol. The number of urea groups is 1. The Morgan fingerprint density at radius 2 is 2.31 bits per heavy atom. The van der Waals surface area contributed by atoms with Crippen molar-refractivity contribution in [2.75, 3.05) is 0 Å². The maximum Gasteiger partial charge on any atom is 0.332 e. The van der Waals surface area contributed by atoms with Crippen LogP contribution in [0.25, 0.3) is 0 Å². The number of carbonyl (C=O) groups is 1. The fraction of sp³-hybridized carbons (Fsp3) is 0.556. The minimum absolute atomic E-state index is 0.638. The van der Waals surface area contributed by atoms with E-state index in [9.17, 15) is 4.79 Å². The normalized spacial score (nSPS) is 12.0. The molecule has 4 nitrogen and oxygen atoms in total. The number of hydrogen-bond donors (Lipinski definition) is 2. The second-order valence-corrected chi connectivity index (χ2v) is 2.77. The molecule has 0 bridgehead atoms. The highest BCUT2D eigenvalue weighted by molar-refractivity contribution is 5.93. The number of unbranched alkanes of at least 4 members (excludes halogenated alkanes) is 2. The van der Waals surface area contributed by atoms with Crippen molar-refractivity contribution in [2.45, 2.75) is 33.1 Å². The van der Waals surface area contributed by atoms with E-state index in [-0.39, 0.29) is 0 Å². The molecule has 0 heterocycles. The lowest BCUT2D eigenvalue weighted by Crippen LogP contribution is -2.25. The SMILES string of the molecule is CCCC/C=C/C(C)=NNC(N)=O. The number of allylic oxidation sites excluding steroid dienone is 2. The van der Waals surface area contributed by atoms with Crippen molar-refractivity contribution in [1.29, 1.82) is 0 Å². The van der Waals surface area contributed by atoms with Gasteiger partial charge in [-0.2, -0.15) is 5.10 Å². The lowest BCUT2D eigenvalue weighted by atomic mass is 10.2. The van der Waals surface area contributed by atoms with Crippen molar-refractivity contribution in [2.24, 2.45) is 10.8 Å². The van der Waals surface area contributed by atoms with Gasteiger partial charge in [-0.25, -0.2) is 10.2 Å². The maximum atomic E-state index is 10.3. The standard InChI is InChI=1S/C9H17N3O/c1-3-4-5-6-7-8(2)11-12-9(10)13/h6-7H,3-5H2,1-2H3,(H3,10,12,13)/b7-6+,11-8?. The smallest absolute Gasteiger partial charge is 0.332 e. The van der Waals surface area contributed by atoms with Gasteiger partial charge >= 0.3 is 6.03 Å². The van der Waals surface area contributed by atoms with Crippen LogP contribution in [0.3, 0.4) is 0 Å². The Balaban J connectivity index is 3.70. The van der Waals surface area contributed by atoms with Crippen molar-refractivity contribution in [3.63, 3.8) is 0 Å². The average molecular weight is 183 g/mol. The summed E-state index contributed by atoms with van der Waals surface area (Å²) in [6, 6.07) is -0.638. The summed E-state index contributed by atoms with van der Waals surface area (Å²) >= 11 is 0. The second-order valence-electron chi connectivity index (χ2n) is 2.77. The van der Waals surface area contributed by atoms with E-state index in [2.05, 4.69) is 17.5 Å². The van der Waals surface area contributed by atoms with E-state index in [4.69, 9.17) is 5.73 Å². The first-order chi connectivity index (χ1) is 6.16. The molecular formula is C9H17N3O. The van der Waals surface area contributed by atoms with E-state index >= 15 is 0 Å². The van der Waals surface area contributed by atoms with Gasteiger partial charge in [0.25, 0.3) is 0 Å². The molecule has 0 aromatic heterocycles. The van der Waals surface area contributed by atoms with Crippen molar-refractivity contribution < 1.29 is 4.79 Å². The predicted octanol–water partition coefficient (Wildman–Crippen LogP) is 1.78. The van der Waals surface area contributed by atoms with Gasteiger partial charge in [0.15, 0.2) is 0 Å². The summed E-state index contributed by atoms with van der Waals surface area (Å²) in [6.45, 7) is 3.95. The first-order valence-electron chi connectivity index (χ1n) is 4.43. The molecule has 0 aromatic rings. The molecule has 0 aliphatic carbocycles. The Bertz CT molecular complexity index is 209. The average Bonchev–Trinajstić information content (AvgIpc) is 2.09. The Kier molecular flexibility index (Phi) is 6.59. The summed E-state index contributed by atoms with van der Waals surface area (Å²) in [4.78, 5) is 10.3. The van der Waals surface area contributed by atoms with Gasteiger partial charge in [-0.05, 0) is 19.4 Å². The van der Waals surface area contributed by atoms with Crippen LogP contribution < -0.4 is 11.2 Å². The summed E-state index contributed by atoms with van der Waals surface area (Å²) in [5, 5.41) is 3.73. The largest absolute Gasteiger partial charge is 0.350 e. The van der Waals surface area contributed by atoms with Crippen LogP contribution >= 0.6 is 0 Å². The van der Waals surface area contributed by atoms with Crippen molar-refractivity contribution >= 4 is 11.7 Å². The molecule has 0 atom stereocenters. The summed E-state index contributed by atoms with van der Waals surface area (Å²) in [7, 11) is 0. The lowest BCUT2D eigenvalue weighted by molar-refractivity contribution is 0.249. The van der Waals surface area contributed by atoms with Crippen LogP contribution in [0, 0.1) is 0 Å². The van der Waals surface area contributed by atoms with E-state index < -0.39 is 6.03 Å². The highest BCUT2D eigenvalue weighted by Crippen LogP contribution is 1.94. The van der Waals surface area contributed by atoms with Gasteiger partial charge in [-0.1, -0.05) is 25.8 Å². The Hall–Kier alpha value is -1.32. The summed E-state index contributed by atoms with van der Waals surface area (Å²) in [5.41, 5.74) is 7.74. The molecule has 0 spiro atoms. The number of nitrogens with two attached hydrogens (primary N) is 1. The molecule has 0 unspecified atom stereocenters. The van der Waals surface area contributed by atoms with Crippen LogP contribution in [0.15, 0.2) is 17.3 Å². The molecule has 0 fully saturated rings. The maximum absolute atomic E-state index is 10.3. The van der Waals surface area contributed by atoms with Gasteiger partial charge in [0, 0.05) is 0 Å². The van der Waals surface area contributed by atoms with Crippen LogP contribution in [0.2, 0.25) is 0 Å². The molecule has 0 saturated carbocycles. The Morgan fingerprint density at radius 3 is 2.85 bits per heavy atom. The van der Waals surface area contributed by atoms with Gasteiger partial charge in [-0.15, -0.1) is 0 Å². The van der Waals surface area contributed by atoms with Crippen molar-refractivity contribution in [3.05, 3.63) is 12.2 Å². The molecule has 74 valence electrons. The fourth-order valence-electron chi connectivity index (χ4n) is 0.756. The summed E-state index contributed by atoms with van der Waals surface area (Å²) in [5.74, 6) is 0. The molecule has 0 radical (unpaired) electrons. The third-order valence-electron chi connectivity index (χ3n) is 1.43. The number of primary amides is 1. The van der Waals surface area contributed by atoms with Gasteiger partial charge in [0.2, 0.25) is 0 Å². The first kappa shape index (κ1) is 11.7. The molecule has 3 N–H and O–H groups in total. The third kappa shape index (κ3) is 8.59. The zero-order chi connectivity index (χ0) is 10.1. The molecule has 13 heavy (non-hydrogen) atoms. The van der Waals surface area contributed by atoms with Crippen molar-refractivity contribution in [1.82, 2.24) is 5.43 Å². The van der Waals surface area contributed by atoms with Gasteiger partial charge in [0.1, 0.15) is 0 Å². The van der Waals surface area contributed by atoms with Crippen LogP contribution in [-0.4, -0.2) is 11.7 Å².